The van der Waals surface area contributed by atoms with Crippen LogP contribution in [0.25, 0.3) is 0 Å². The summed E-state index contributed by atoms with van der Waals surface area (Å²) in [5, 5.41) is 6.34. The van der Waals surface area contributed by atoms with Crippen molar-refractivity contribution in [2.45, 2.75) is 37.8 Å². The highest BCUT2D eigenvalue weighted by Crippen LogP contribution is 2.33. The van der Waals surface area contributed by atoms with Gasteiger partial charge in [-0.05, 0) is 19.3 Å². The van der Waals surface area contributed by atoms with Crippen molar-refractivity contribution >= 4 is 5.91 Å². The number of hydrogen-bond acceptors (Lipinski definition) is 2. The first-order valence-corrected chi connectivity index (χ1v) is 5.28. The standard InChI is InChI=1S/C11H16N2O/c1-2-3-6-12-11(14)9-7-8-4-5-10(9)13-8/h1,8-10,13H,3-7H2,(H,12,14). The quantitative estimate of drug-likeness (QED) is 0.497. The molecule has 2 N–H and O–H groups in total. The zero-order chi connectivity index (χ0) is 9.97. The lowest BCUT2D eigenvalue weighted by molar-refractivity contribution is -0.125. The van der Waals surface area contributed by atoms with Crippen molar-refractivity contribution in [1.82, 2.24) is 10.6 Å². The van der Waals surface area contributed by atoms with E-state index in [2.05, 4.69) is 16.6 Å². The Morgan fingerprint density at radius 3 is 3.00 bits per heavy atom. The predicted molar refractivity (Wildman–Crippen MR) is 54.5 cm³/mol. The normalized spacial score (nSPS) is 34.1. The third-order valence-electron chi connectivity index (χ3n) is 3.21. The second kappa shape index (κ2) is 4.02. The number of fused-ring (bicyclic) bond motifs is 2. The van der Waals surface area contributed by atoms with E-state index >= 15 is 0 Å². The molecule has 0 saturated carbocycles. The van der Waals surface area contributed by atoms with Gasteiger partial charge in [0, 0.05) is 25.0 Å². The van der Waals surface area contributed by atoms with E-state index in [-0.39, 0.29) is 11.8 Å². The Morgan fingerprint density at radius 1 is 1.57 bits per heavy atom. The first-order valence-electron chi connectivity index (χ1n) is 5.28. The van der Waals surface area contributed by atoms with Gasteiger partial charge in [0.05, 0.1) is 5.92 Å². The molecule has 0 spiro atoms. The predicted octanol–water partition coefficient (Wildman–Crippen LogP) is 0.266. The van der Waals surface area contributed by atoms with Crippen LogP contribution in [0, 0.1) is 18.3 Å². The molecule has 0 radical (unpaired) electrons. The molecule has 2 heterocycles. The van der Waals surface area contributed by atoms with E-state index < -0.39 is 0 Å². The number of carbonyl (C=O) groups excluding carboxylic acids is 1. The third-order valence-corrected chi connectivity index (χ3v) is 3.21. The molecule has 3 atom stereocenters. The highest BCUT2D eigenvalue weighted by Gasteiger charge is 2.42. The minimum atomic E-state index is 0.181. The first-order chi connectivity index (χ1) is 6.81. The van der Waals surface area contributed by atoms with Gasteiger partial charge < -0.3 is 10.6 Å². The Hall–Kier alpha value is -1.01. The van der Waals surface area contributed by atoms with E-state index in [0.717, 1.165) is 12.8 Å². The molecule has 0 aromatic rings. The summed E-state index contributed by atoms with van der Waals surface area (Å²) >= 11 is 0. The van der Waals surface area contributed by atoms with Crippen molar-refractivity contribution in [2.75, 3.05) is 6.54 Å². The van der Waals surface area contributed by atoms with Crippen LogP contribution in [-0.2, 0) is 4.79 Å². The second-order valence-electron chi connectivity index (χ2n) is 4.13. The van der Waals surface area contributed by atoms with Gasteiger partial charge in [0.2, 0.25) is 5.91 Å². The van der Waals surface area contributed by atoms with E-state index in [0.29, 0.717) is 25.0 Å². The SMILES string of the molecule is C#CCCNC(=O)C1CC2CCC1N2. The van der Waals surface area contributed by atoms with Gasteiger partial charge in [0.15, 0.2) is 0 Å². The maximum Gasteiger partial charge on any atom is 0.224 e. The lowest BCUT2D eigenvalue weighted by Gasteiger charge is -2.18. The average Bonchev–Trinajstić information content (AvgIpc) is 2.79. The van der Waals surface area contributed by atoms with E-state index in [1.807, 2.05) is 0 Å². The lowest BCUT2D eigenvalue weighted by atomic mass is 9.88. The summed E-state index contributed by atoms with van der Waals surface area (Å²) in [6.45, 7) is 0.614. The third kappa shape index (κ3) is 1.76. The van der Waals surface area contributed by atoms with Gasteiger partial charge in [-0.15, -0.1) is 12.3 Å². The Kier molecular flexibility index (Phi) is 2.74. The molecule has 2 aliphatic heterocycles. The van der Waals surface area contributed by atoms with Crippen LogP contribution in [0.15, 0.2) is 0 Å². The van der Waals surface area contributed by atoms with Gasteiger partial charge in [0.25, 0.3) is 0 Å². The summed E-state index contributed by atoms with van der Waals surface area (Å²) in [5.74, 6) is 2.88. The molecule has 3 nitrogen and oxygen atoms in total. The van der Waals surface area contributed by atoms with Crippen LogP contribution >= 0.6 is 0 Å². The fourth-order valence-corrected chi connectivity index (χ4v) is 2.50. The van der Waals surface area contributed by atoms with E-state index in [1.54, 1.807) is 0 Å². The van der Waals surface area contributed by atoms with Gasteiger partial charge in [-0.1, -0.05) is 0 Å². The van der Waals surface area contributed by atoms with Crippen molar-refractivity contribution in [2.24, 2.45) is 5.92 Å². The van der Waals surface area contributed by atoms with Crippen molar-refractivity contribution in [3.8, 4) is 12.3 Å². The summed E-state index contributed by atoms with van der Waals surface area (Å²) < 4.78 is 0. The summed E-state index contributed by atoms with van der Waals surface area (Å²) in [6, 6.07) is 1.01. The topological polar surface area (TPSA) is 41.1 Å². The molecule has 76 valence electrons. The fourth-order valence-electron chi connectivity index (χ4n) is 2.50. The minimum absolute atomic E-state index is 0.181. The molecule has 0 aliphatic carbocycles. The molecule has 3 unspecified atom stereocenters. The van der Waals surface area contributed by atoms with Gasteiger partial charge in [-0.2, -0.15) is 0 Å². The summed E-state index contributed by atoms with van der Waals surface area (Å²) in [5.41, 5.74) is 0. The van der Waals surface area contributed by atoms with Gasteiger partial charge in [-0.3, -0.25) is 4.79 Å². The molecule has 0 aromatic heterocycles. The van der Waals surface area contributed by atoms with Crippen LogP contribution < -0.4 is 10.6 Å². The molecule has 0 aromatic carbocycles. The van der Waals surface area contributed by atoms with Gasteiger partial charge in [0.1, 0.15) is 0 Å². The molecule has 14 heavy (non-hydrogen) atoms. The largest absolute Gasteiger partial charge is 0.355 e. The number of nitrogens with one attached hydrogen (secondary N) is 2. The molecule has 2 fully saturated rings. The highest BCUT2D eigenvalue weighted by molar-refractivity contribution is 5.80. The van der Waals surface area contributed by atoms with Crippen LogP contribution in [0.4, 0.5) is 0 Å². The maximum absolute atomic E-state index is 11.7. The fraction of sp³-hybridized carbons (Fsp3) is 0.727. The zero-order valence-corrected chi connectivity index (χ0v) is 8.25. The summed E-state index contributed by atoms with van der Waals surface area (Å²) in [7, 11) is 0. The van der Waals surface area contributed by atoms with Crippen LogP contribution in [0.1, 0.15) is 25.7 Å². The first kappa shape index (κ1) is 9.54. The van der Waals surface area contributed by atoms with Crippen LogP contribution in [0.5, 0.6) is 0 Å². The molecule has 3 heteroatoms. The van der Waals surface area contributed by atoms with Crippen molar-refractivity contribution < 1.29 is 4.79 Å². The lowest BCUT2D eigenvalue weighted by Crippen LogP contribution is -2.37. The number of amides is 1. The Morgan fingerprint density at radius 2 is 2.43 bits per heavy atom. The molecular formula is C11H16N2O. The molecule has 2 saturated heterocycles. The van der Waals surface area contributed by atoms with Crippen LogP contribution in [-0.4, -0.2) is 24.5 Å². The zero-order valence-electron chi connectivity index (χ0n) is 8.25. The highest BCUT2D eigenvalue weighted by atomic mass is 16.1. The second-order valence-corrected chi connectivity index (χ2v) is 4.13. The van der Waals surface area contributed by atoms with Gasteiger partial charge in [-0.25, -0.2) is 0 Å². The minimum Gasteiger partial charge on any atom is -0.355 e. The van der Waals surface area contributed by atoms with E-state index in [9.17, 15) is 4.79 Å². The van der Waals surface area contributed by atoms with Crippen molar-refractivity contribution in [1.29, 1.82) is 0 Å². The summed E-state index contributed by atoms with van der Waals surface area (Å²) in [6.07, 6.45) is 9.13. The maximum atomic E-state index is 11.7. The smallest absolute Gasteiger partial charge is 0.224 e. The number of rotatable bonds is 3. The Labute approximate surface area is 84.6 Å². The Bertz CT molecular complexity index is 269. The van der Waals surface area contributed by atoms with Crippen LogP contribution in [0.2, 0.25) is 0 Å². The number of hydrogen-bond donors (Lipinski definition) is 2. The number of carbonyl (C=O) groups is 1. The van der Waals surface area contributed by atoms with Crippen LogP contribution in [0.3, 0.4) is 0 Å². The molecule has 2 bridgehead atoms. The number of terminal acetylenes is 1. The molecule has 1 amide bonds. The van der Waals surface area contributed by atoms with Crippen molar-refractivity contribution in [3.05, 3.63) is 0 Å². The molecule has 2 aliphatic rings. The average molecular weight is 192 g/mol. The van der Waals surface area contributed by atoms with Crippen molar-refractivity contribution in [3.63, 3.8) is 0 Å². The summed E-state index contributed by atoms with van der Waals surface area (Å²) in [4.78, 5) is 11.7. The molecular weight excluding hydrogens is 176 g/mol. The van der Waals surface area contributed by atoms with E-state index in [4.69, 9.17) is 6.42 Å². The van der Waals surface area contributed by atoms with Gasteiger partial charge >= 0.3 is 0 Å². The Balaban J connectivity index is 1.79. The van der Waals surface area contributed by atoms with E-state index in [1.165, 1.54) is 6.42 Å². The monoisotopic (exact) mass is 192 g/mol. The molecule has 2 rings (SSSR count).